The molecule has 4 nitrogen and oxygen atoms in total. The van der Waals surface area contributed by atoms with Gasteiger partial charge in [-0.15, -0.1) is 0 Å². The zero-order chi connectivity index (χ0) is 12.5. The number of carbonyl (C=O) groups excluding carboxylic acids is 1. The van der Waals surface area contributed by atoms with Crippen molar-refractivity contribution in [1.82, 2.24) is 0 Å². The zero-order valence-corrected chi connectivity index (χ0v) is 9.64. The summed E-state index contributed by atoms with van der Waals surface area (Å²) in [6.45, 7) is 2.64. The van der Waals surface area contributed by atoms with Crippen LogP contribution in [-0.2, 0) is 9.53 Å². The molecular formula is C13H14N2O2. The summed E-state index contributed by atoms with van der Waals surface area (Å²) < 4.78 is 4.73. The quantitative estimate of drug-likeness (QED) is 0.621. The van der Waals surface area contributed by atoms with Gasteiger partial charge in [-0.1, -0.05) is 12.1 Å². The Morgan fingerprint density at radius 1 is 1.59 bits per heavy atom. The SMILES string of the molecule is CCOC(=O)/C=C/CNc1cccc(C#N)c1. The number of nitrogens with zero attached hydrogens (tertiary/aromatic N) is 1. The molecule has 1 N–H and O–H groups in total. The number of hydrogen-bond donors (Lipinski definition) is 1. The molecule has 0 atom stereocenters. The molecule has 1 aromatic carbocycles. The lowest BCUT2D eigenvalue weighted by molar-refractivity contribution is -0.137. The second-order valence-corrected chi connectivity index (χ2v) is 3.23. The Bertz CT molecular complexity index is 447. The lowest BCUT2D eigenvalue weighted by atomic mass is 10.2. The largest absolute Gasteiger partial charge is 0.463 e. The van der Waals surface area contributed by atoms with Crippen LogP contribution >= 0.6 is 0 Å². The van der Waals surface area contributed by atoms with Crippen LogP contribution in [0.15, 0.2) is 36.4 Å². The molecule has 0 aliphatic carbocycles. The highest BCUT2D eigenvalue weighted by Gasteiger charge is 1.94. The summed E-state index contributed by atoms with van der Waals surface area (Å²) in [5.74, 6) is -0.347. The summed E-state index contributed by atoms with van der Waals surface area (Å²) >= 11 is 0. The monoisotopic (exact) mass is 230 g/mol. The predicted molar refractivity (Wildman–Crippen MR) is 65.4 cm³/mol. The Hall–Kier alpha value is -2.28. The lowest BCUT2D eigenvalue weighted by Crippen LogP contribution is -2.02. The number of nitriles is 1. The Balaban J connectivity index is 2.41. The molecule has 1 rings (SSSR count). The normalized spacial score (nSPS) is 9.88. The van der Waals surface area contributed by atoms with Gasteiger partial charge in [0.05, 0.1) is 18.2 Å². The molecule has 88 valence electrons. The third-order valence-electron chi connectivity index (χ3n) is 1.96. The molecule has 0 bridgehead atoms. The first-order chi connectivity index (χ1) is 8.26. The number of ether oxygens (including phenoxy) is 1. The first kappa shape index (κ1) is 12.8. The van der Waals surface area contributed by atoms with E-state index >= 15 is 0 Å². The molecule has 1 aromatic rings. The molecule has 0 spiro atoms. The molecule has 0 saturated heterocycles. The van der Waals surface area contributed by atoms with Crippen molar-refractivity contribution >= 4 is 11.7 Å². The van der Waals surface area contributed by atoms with E-state index in [2.05, 4.69) is 11.4 Å². The molecule has 0 radical (unpaired) electrons. The van der Waals surface area contributed by atoms with Gasteiger partial charge in [-0.2, -0.15) is 5.26 Å². The van der Waals surface area contributed by atoms with E-state index < -0.39 is 0 Å². The van der Waals surface area contributed by atoms with Crippen molar-refractivity contribution in [2.45, 2.75) is 6.92 Å². The molecule has 0 unspecified atom stereocenters. The maximum absolute atomic E-state index is 11.0. The highest BCUT2D eigenvalue weighted by molar-refractivity contribution is 5.81. The van der Waals surface area contributed by atoms with Gasteiger partial charge < -0.3 is 10.1 Å². The molecule has 0 amide bonds. The maximum atomic E-state index is 11.0. The third-order valence-corrected chi connectivity index (χ3v) is 1.96. The minimum Gasteiger partial charge on any atom is -0.463 e. The van der Waals surface area contributed by atoms with E-state index in [9.17, 15) is 4.79 Å². The van der Waals surface area contributed by atoms with Gasteiger partial charge in [0.1, 0.15) is 0 Å². The molecule has 0 fully saturated rings. The Morgan fingerprint density at radius 2 is 2.41 bits per heavy atom. The van der Waals surface area contributed by atoms with Gasteiger partial charge in [0.15, 0.2) is 0 Å². The first-order valence-electron chi connectivity index (χ1n) is 5.33. The molecule has 0 aromatic heterocycles. The Morgan fingerprint density at radius 3 is 3.12 bits per heavy atom. The third kappa shape index (κ3) is 4.85. The van der Waals surface area contributed by atoms with Gasteiger partial charge in [-0.25, -0.2) is 4.79 Å². The predicted octanol–water partition coefficient (Wildman–Crippen LogP) is 2.09. The summed E-state index contributed by atoms with van der Waals surface area (Å²) in [5.41, 5.74) is 1.45. The van der Waals surface area contributed by atoms with Crippen molar-refractivity contribution in [2.24, 2.45) is 0 Å². The lowest BCUT2D eigenvalue weighted by Gasteiger charge is -2.02. The highest BCUT2D eigenvalue weighted by atomic mass is 16.5. The van der Waals surface area contributed by atoms with E-state index in [1.165, 1.54) is 6.08 Å². The van der Waals surface area contributed by atoms with Crippen LogP contribution in [0.5, 0.6) is 0 Å². The van der Waals surface area contributed by atoms with E-state index in [1.54, 1.807) is 31.2 Å². The van der Waals surface area contributed by atoms with Crippen molar-refractivity contribution in [1.29, 1.82) is 5.26 Å². The number of benzene rings is 1. The summed E-state index contributed by atoms with van der Waals surface area (Å²) in [7, 11) is 0. The number of hydrogen-bond acceptors (Lipinski definition) is 4. The van der Waals surface area contributed by atoms with Crippen LogP contribution in [-0.4, -0.2) is 19.1 Å². The fourth-order valence-corrected chi connectivity index (χ4v) is 1.22. The fourth-order valence-electron chi connectivity index (χ4n) is 1.22. The average molecular weight is 230 g/mol. The van der Waals surface area contributed by atoms with Gasteiger partial charge in [0.2, 0.25) is 0 Å². The van der Waals surface area contributed by atoms with Crippen LogP contribution < -0.4 is 5.32 Å². The van der Waals surface area contributed by atoms with E-state index in [1.807, 2.05) is 6.07 Å². The van der Waals surface area contributed by atoms with Crippen LogP contribution in [0.25, 0.3) is 0 Å². The minimum atomic E-state index is -0.347. The Labute approximate surface area is 101 Å². The maximum Gasteiger partial charge on any atom is 0.330 e. The molecule has 0 saturated carbocycles. The molecule has 17 heavy (non-hydrogen) atoms. The van der Waals surface area contributed by atoms with Gasteiger partial charge in [0, 0.05) is 18.3 Å². The van der Waals surface area contributed by atoms with Crippen LogP contribution in [0, 0.1) is 11.3 Å². The number of rotatable bonds is 5. The molecule has 0 aliphatic rings. The second-order valence-electron chi connectivity index (χ2n) is 3.23. The van der Waals surface area contributed by atoms with Crippen LogP contribution in [0.2, 0.25) is 0 Å². The van der Waals surface area contributed by atoms with E-state index in [-0.39, 0.29) is 5.97 Å². The van der Waals surface area contributed by atoms with Crippen molar-refractivity contribution in [2.75, 3.05) is 18.5 Å². The standard InChI is InChI=1S/C13H14N2O2/c1-2-17-13(16)7-4-8-15-12-6-3-5-11(9-12)10-14/h3-7,9,15H,2,8H2,1H3/b7-4+. The molecule has 0 heterocycles. The number of anilines is 1. The van der Waals surface area contributed by atoms with Gasteiger partial charge in [0.25, 0.3) is 0 Å². The van der Waals surface area contributed by atoms with Gasteiger partial charge in [-0.3, -0.25) is 0 Å². The minimum absolute atomic E-state index is 0.347. The van der Waals surface area contributed by atoms with E-state index in [0.717, 1.165) is 5.69 Å². The topological polar surface area (TPSA) is 62.1 Å². The smallest absolute Gasteiger partial charge is 0.330 e. The first-order valence-corrected chi connectivity index (χ1v) is 5.33. The number of carbonyl (C=O) groups is 1. The molecule has 0 aliphatic heterocycles. The summed E-state index contributed by atoms with van der Waals surface area (Å²) in [4.78, 5) is 11.0. The summed E-state index contributed by atoms with van der Waals surface area (Å²) in [5, 5.41) is 11.8. The summed E-state index contributed by atoms with van der Waals surface area (Å²) in [6, 6.07) is 9.21. The highest BCUT2D eigenvalue weighted by Crippen LogP contribution is 2.08. The van der Waals surface area contributed by atoms with Crippen LogP contribution in [0.3, 0.4) is 0 Å². The molecular weight excluding hydrogens is 216 g/mol. The second kappa shape index (κ2) is 7.07. The zero-order valence-electron chi connectivity index (χ0n) is 9.64. The van der Waals surface area contributed by atoms with Gasteiger partial charge >= 0.3 is 5.97 Å². The van der Waals surface area contributed by atoms with Crippen LogP contribution in [0.4, 0.5) is 5.69 Å². The fraction of sp³-hybridized carbons (Fsp3) is 0.231. The van der Waals surface area contributed by atoms with Crippen molar-refractivity contribution in [3.05, 3.63) is 42.0 Å². The summed E-state index contributed by atoms with van der Waals surface area (Å²) in [6.07, 6.45) is 3.06. The van der Waals surface area contributed by atoms with E-state index in [4.69, 9.17) is 10.00 Å². The number of esters is 1. The van der Waals surface area contributed by atoms with Gasteiger partial charge in [-0.05, 0) is 25.1 Å². The average Bonchev–Trinajstić information content (AvgIpc) is 2.35. The number of nitrogens with one attached hydrogen (secondary N) is 1. The van der Waals surface area contributed by atoms with Crippen LogP contribution in [0.1, 0.15) is 12.5 Å². The van der Waals surface area contributed by atoms with Crippen molar-refractivity contribution < 1.29 is 9.53 Å². The van der Waals surface area contributed by atoms with Crippen molar-refractivity contribution in [3.63, 3.8) is 0 Å². The van der Waals surface area contributed by atoms with E-state index in [0.29, 0.717) is 18.7 Å². The Kier molecular flexibility index (Phi) is 5.32. The van der Waals surface area contributed by atoms with Crippen molar-refractivity contribution in [3.8, 4) is 6.07 Å². The molecule has 4 heteroatoms.